The van der Waals surface area contributed by atoms with Crippen LogP contribution in [0.3, 0.4) is 0 Å². The Bertz CT molecular complexity index is 1090. The number of rotatable bonds is 7. The van der Waals surface area contributed by atoms with Gasteiger partial charge in [-0.25, -0.2) is 4.98 Å². The van der Waals surface area contributed by atoms with E-state index in [9.17, 15) is 9.59 Å². The van der Waals surface area contributed by atoms with Gasteiger partial charge in [-0.1, -0.05) is 69.5 Å². The summed E-state index contributed by atoms with van der Waals surface area (Å²) in [5, 5.41) is 3.35. The number of hydrogen-bond acceptors (Lipinski definition) is 3. The first-order valence-electron chi connectivity index (χ1n) is 11.8. The van der Waals surface area contributed by atoms with E-state index < -0.39 is 0 Å². The zero-order chi connectivity index (χ0) is 22.7. The molecule has 5 heteroatoms. The van der Waals surface area contributed by atoms with Gasteiger partial charge in [0.15, 0.2) is 5.78 Å². The molecule has 1 atom stereocenters. The van der Waals surface area contributed by atoms with E-state index in [0.717, 1.165) is 41.7 Å². The van der Waals surface area contributed by atoms with Gasteiger partial charge in [-0.2, -0.15) is 0 Å². The van der Waals surface area contributed by atoms with Gasteiger partial charge in [0.1, 0.15) is 11.9 Å². The normalized spacial score (nSPS) is 15.8. The van der Waals surface area contributed by atoms with Gasteiger partial charge in [0.25, 0.3) is 0 Å². The maximum Gasteiger partial charge on any atom is 0.243 e. The van der Waals surface area contributed by atoms with E-state index in [1.807, 2.05) is 48.5 Å². The van der Waals surface area contributed by atoms with Crippen LogP contribution in [0.5, 0.6) is 0 Å². The summed E-state index contributed by atoms with van der Waals surface area (Å²) in [4.78, 5) is 30.3. The molecule has 0 saturated heterocycles. The van der Waals surface area contributed by atoms with Crippen molar-refractivity contribution in [1.82, 2.24) is 14.9 Å². The lowest BCUT2D eigenvalue weighted by atomic mass is 9.94. The van der Waals surface area contributed by atoms with Gasteiger partial charge in [0.2, 0.25) is 5.91 Å². The van der Waals surface area contributed by atoms with Gasteiger partial charge in [0.05, 0.1) is 11.0 Å². The molecule has 1 aromatic heterocycles. The van der Waals surface area contributed by atoms with Crippen LogP contribution in [-0.2, 0) is 4.79 Å². The fourth-order valence-electron chi connectivity index (χ4n) is 4.74. The number of benzene rings is 2. The molecule has 5 nitrogen and oxygen atoms in total. The average Bonchev–Trinajstić information content (AvgIpc) is 3.17. The molecule has 1 N–H and O–H groups in total. The summed E-state index contributed by atoms with van der Waals surface area (Å²) < 4.78 is 2.11. The molecule has 0 bridgehead atoms. The molecule has 0 radical (unpaired) electrons. The fourth-order valence-corrected chi connectivity index (χ4v) is 4.74. The highest BCUT2D eigenvalue weighted by molar-refractivity contribution is 5.94. The molecule has 1 aliphatic rings. The minimum absolute atomic E-state index is 0.0367. The first-order chi connectivity index (χ1) is 15.4. The number of aromatic nitrogens is 2. The Morgan fingerprint density at radius 2 is 1.72 bits per heavy atom. The van der Waals surface area contributed by atoms with E-state index in [1.165, 1.54) is 19.3 Å². The number of para-hydroxylation sites is 2. The Morgan fingerprint density at radius 1 is 1.03 bits per heavy atom. The van der Waals surface area contributed by atoms with Gasteiger partial charge < -0.3 is 9.88 Å². The Balaban J connectivity index is 1.78. The average molecular weight is 432 g/mol. The van der Waals surface area contributed by atoms with Crippen molar-refractivity contribution >= 4 is 22.7 Å². The number of amides is 1. The SMILES string of the molecule is CC(=O)c1ccc(-c2nc3ccccc3n2C(CC(C)C)C(=O)NC2CCCCC2)cc1. The maximum absolute atomic E-state index is 13.6. The van der Waals surface area contributed by atoms with Gasteiger partial charge in [-0.3, -0.25) is 9.59 Å². The predicted molar refractivity (Wildman–Crippen MR) is 129 cm³/mol. The number of Topliss-reactive ketones (excluding diaryl/α,β-unsaturated/α-hetero) is 1. The summed E-state index contributed by atoms with van der Waals surface area (Å²) in [7, 11) is 0. The number of carbonyl (C=O) groups excluding carboxylic acids is 2. The Labute approximate surface area is 190 Å². The van der Waals surface area contributed by atoms with Crippen molar-refractivity contribution in [3.05, 3.63) is 54.1 Å². The van der Waals surface area contributed by atoms with E-state index in [4.69, 9.17) is 4.98 Å². The molecule has 1 saturated carbocycles. The third kappa shape index (κ3) is 4.77. The van der Waals surface area contributed by atoms with Crippen LogP contribution in [-0.4, -0.2) is 27.3 Å². The van der Waals surface area contributed by atoms with Crippen LogP contribution in [0.1, 0.15) is 75.7 Å². The number of hydrogen-bond donors (Lipinski definition) is 1. The summed E-state index contributed by atoms with van der Waals surface area (Å²) in [5.41, 5.74) is 3.41. The third-order valence-corrected chi connectivity index (χ3v) is 6.41. The smallest absolute Gasteiger partial charge is 0.243 e. The maximum atomic E-state index is 13.6. The lowest BCUT2D eigenvalue weighted by Gasteiger charge is -2.28. The number of nitrogens with one attached hydrogen (secondary N) is 1. The monoisotopic (exact) mass is 431 g/mol. The third-order valence-electron chi connectivity index (χ3n) is 6.41. The molecule has 4 rings (SSSR count). The van der Waals surface area contributed by atoms with Gasteiger partial charge >= 0.3 is 0 Å². The Hall–Kier alpha value is -2.95. The summed E-state index contributed by atoms with van der Waals surface area (Å²) in [6, 6.07) is 15.4. The number of carbonyl (C=O) groups is 2. The molecule has 1 aliphatic carbocycles. The van der Waals surface area contributed by atoms with Crippen LogP contribution in [0.2, 0.25) is 0 Å². The molecule has 32 heavy (non-hydrogen) atoms. The number of imidazole rings is 1. The standard InChI is InChI=1S/C27H33N3O2/c1-18(2)17-25(27(32)28-22-9-5-4-6-10-22)30-24-12-8-7-11-23(24)29-26(30)21-15-13-20(14-16-21)19(3)31/h7-8,11-16,18,22,25H,4-6,9-10,17H2,1-3H3,(H,28,32). The van der Waals surface area contributed by atoms with E-state index in [0.29, 0.717) is 11.5 Å². The molecular weight excluding hydrogens is 398 g/mol. The van der Waals surface area contributed by atoms with Crippen LogP contribution in [0.4, 0.5) is 0 Å². The zero-order valence-corrected chi connectivity index (χ0v) is 19.3. The van der Waals surface area contributed by atoms with Crippen LogP contribution in [0, 0.1) is 5.92 Å². The van der Waals surface area contributed by atoms with Crippen molar-refractivity contribution < 1.29 is 9.59 Å². The molecule has 1 unspecified atom stereocenters. The molecule has 3 aromatic rings. The van der Waals surface area contributed by atoms with Crippen molar-refractivity contribution in [3.63, 3.8) is 0 Å². The Kier molecular flexibility index (Phi) is 6.73. The minimum Gasteiger partial charge on any atom is -0.352 e. The summed E-state index contributed by atoms with van der Waals surface area (Å²) in [6.07, 6.45) is 6.48. The highest BCUT2D eigenvalue weighted by Gasteiger charge is 2.29. The van der Waals surface area contributed by atoms with Crippen molar-refractivity contribution in [2.45, 2.75) is 71.4 Å². The van der Waals surface area contributed by atoms with Crippen LogP contribution in [0.15, 0.2) is 48.5 Å². The fraction of sp³-hybridized carbons (Fsp3) is 0.444. The van der Waals surface area contributed by atoms with E-state index in [-0.39, 0.29) is 23.8 Å². The molecule has 2 aromatic carbocycles. The lowest BCUT2D eigenvalue weighted by molar-refractivity contribution is -0.125. The first-order valence-corrected chi connectivity index (χ1v) is 11.8. The quantitative estimate of drug-likeness (QED) is 0.471. The van der Waals surface area contributed by atoms with E-state index in [2.05, 4.69) is 23.7 Å². The Morgan fingerprint density at radius 3 is 2.38 bits per heavy atom. The highest BCUT2D eigenvalue weighted by atomic mass is 16.2. The highest BCUT2D eigenvalue weighted by Crippen LogP contribution is 2.32. The van der Waals surface area contributed by atoms with Gasteiger partial charge in [-0.05, 0) is 44.2 Å². The number of nitrogens with zero attached hydrogens (tertiary/aromatic N) is 2. The van der Waals surface area contributed by atoms with Gasteiger partial charge in [-0.15, -0.1) is 0 Å². The van der Waals surface area contributed by atoms with Crippen molar-refractivity contribution in [2.75, 3.05) is 0 Å². The van der Waals surface area contributed by atoms with Gasteiger partial charge in [0, 0.05) is 17.2 Å². The topological polar surface area (TPSA) is 64.0 Å². The summed E-state index contributed by atoms with van der Waals surface area (Å²) >= 11 is 0. The van der Waals surface area contributed by atoms with E-state index in [1.54, 1.807) is 6.92 Å². The second kappa shape index (κ2) is 9.68. The largest absolute Gasteiger partial charge is 0.352 e. The van der Waals surface area contributed by atoms with Crippen molar-refractivity contribution in [3.8, 4) is 11.4 Å². The number of fused-ring (bicyclic) bond motifs is 1. The molecule has 1 heterocycles. The zero-order valence-electron chi connectivity index (χ0n) is 19.3. The predicted octanol–water partition coefficient (Wildman–Crippen LogP) is 5.94. The second-order valence-corrected chi connectivity index (χ2v) is 9.42. The van der Waals surface area contributed by atoms with Crippen molar-refractivity contribution in [2.24, 2.45) is 5.92 Å². The number of ketones is 1. The molecule has 1 fully saturated rings. The second-order valence-electron chi connectivity index (χ2n) is 9.42. The van der Waals surface area contributed by atoms with Crippen LogP contribution in [0.25, 0.3) is 22.4 Å². The summed E-state index contributed by atoms with van der Waals surface area (Å²) in [6.45, 7) is 5.88. The van der Waals surface area contributed by atoms with Crippen molar-refractivity contribution in [1.29, 1.82) is 0 Å². The first kappa shape index (κ1) is 22.3. The molecule has 0 spiro atoms. The molecule has 1 amide bonds. The van der Waals surface area contributed by atoms with Crippen LogP contribution < -0.4 is 5.32 Å². The molecule has 168 valence electrons. The summed E-state index contributed by atoms with van der Waals surface area (Å²) in [5.74, 6) is 1.24. The van der Waals surface area contributed by atoms with Crippen LogP contribution >= 0.6 is 0 Å². The molecular formula is C27H33N3O2. The lowest BCUT2D eigenvalue weighted by Crippen LogP contribution is -2.41. The van der Waals surface area contributed by atoms with E-state index >= 15 is 0 Å². The molecule has 0 aliphatic heterocycles. The minimum atomic E-state index is -0.341.